The molecular weight excluding hydrogens is 545 g/mol. The summed E-state index contributed by atoms with van der Waals surface area (Å²) in [5, 5.41) is 5.95. The van der Waals surface area contributed by atoms with E-state index in [0.29, 0.717) is 30.5 Å². The Morgan fingerprint density at radius 1 is 1.12 bits per heavy atom. The van der Waals surface area contributed by atoms with Gasteiger partial charge in [0.1, 0.15) is 17.5 Å². The zero-order chi connectivity index (χ0) is 28.9. The maximum absolute atomic E-state index is 14.2. The molecule has 1 aliphatic carbocycles. The Morgan fingerprint density at radius 3 is 2.66 bits per heavy atom. The number of ether oxygens (including phenoxy) is 1. The number of anilines is 1. The predicted octanol–water partition coefficient (Wildman–Crippen LogP) is 4.75. The van der Waals surface area contributed by atoms with Gasteiger partial charge < -0.3 is 20.3 Å². The normalized spacial score (nSPS) is 33.6. The van der Waals surface area contributed by atoms with Gasteiger partial charge in [0.25, 0.3) is 0 Å². The van der Waals surface area contributed by atoms with Crippen LogP contribution in [0.25, 0.3) is 0 Å². The van der Waals surface area contributed by atoms with Gasteiger partial charge in [0.15, 0.2) is 0 Å². The minimum atomic E-state index is -1.24. The van der Waals surface area contributed by atoms with Gasteiger partial charge >= 0.3 is 0 Å². The average Bonchev–Trinajstić information content (AvgIpc) is 3.60. The van der Waals surface area contributed by atoms with Gasteiger partial charge in [-0.1, -0.05) is 80.8 Å². The molecule has 4 aliphatic rings. The van der Waals surface area contributed by atoms with Crippen molar-refractivity contribution in [3.63, 3.8) is 0 Å². The highest BCUT2D eigenvalue weighted by atomic mass is 35.5. The first-order valence-electron chi connectivity index (χ1n) is 14.5. The number of carbonyl (C=O) groups is 3. The monoisotopic (exact) mass is 579 g/mol. The standard InChI is InChI=1S/C32H35ClFN3O4/c1-18-7-6-10-24(19(18)2)36-30(39)28-32-15-13-25(41-32)26(29(38)35-21-11-12-23(34)22(33)17-21)27(32)31(40)37(28)16-14-20-8-4-3-5-9-20/h3-5,8-9,11-13,15,17-19,24-28H,6-7,10,14,16H2,1-2H3,(H,35,38)(H,36,39)/t18-,19-,24+,25+,26-,27+,28+,32+/m1/s1. The molecule has 8 atom stereocenters. The smallest absolute Gasteiger partial charge is 0.246 e. The van der Waals surface area contributed by atoms with E-state index in [-0.39, 0.29) is 22.9 Å². The number of likely N-dealkylation sites (tertiary alicyclic amines) is 1. The van der Waals surface area contributed by atoms with E-state index in [1.54, 1.807) is 11.0 Å². The number of nitrogens with one attached hydrogen (secondary N) is 2. The van der Waals surface area contributed by atoms with Crippen LogP contribution < -0.4 is 10.6 Å². The second-order valence-electron chi connectivity index (χ2n) is 12.0. The fraction of sp³-hybridized carbons (Fsp3) is 0.469. The lowest BCUT2D eigenvalue weighted by Crippen LogP contribution is -2.58. The van der Waals surface area contributed by atoms with Gasteiger partial charge in [0.05, 0.1) is 23.0 Å². The Kier molecular flexibility index (Phi) is 7.41. The van der Waals surface area contributed by atoms with Gasteiger partial charge in [0, 0.05) is 18.3 Å². The van der Waals surface area contributed by atoms with Gasteiger partial charge in [-0.15, -0.1) is 0 Å². The Morgan fingerprint density at radius 2 is 1.90 bits per heavy atom. The van der Waals surface area contributed by atoms with E-state index >= 15 is 0 Å². The van der Waals surface area contributed by atoms with E-state index in [4.69, 9.17) is 16.3 Å². The fourth-order valence-corrected chi connectivity index (χ4v) is 7.43. The molecule has 9 heteroatoms. The van der Waals surface area contributed by atoms with Gasteiger partial charge in [0.2, 0.25) is 17.7 Å². The molecule has 1 spiro atoms. The first kappa shape index (κ1) is 27.9. The Labute approximate surface area is 244 Å². The summed E-state index contributed by atoms with van der Waals surface area (Å²) < 4.78 is 20.1. The maximum Gasteiger partial charge on any atom is 0.246 e. The molecule has 41 heavy (non-hydrogen) atoms. The molecule has 2 aromatic rings. The SMILES string of the molecule is C[C@@H]1[C@H](C)CCC[C@@H]1NC(=O)[C@@H]1N(CCc2ccccc2)C(=O)[C@@H]2[C@H](C(=O)Nc3ccc(F)c(Cl)c3)[C@@H]3C=C[C@]21O3. The van der Waals surface area contributed by atoms with E-state index in [1.807, 2.05) is 36.4 Å². The molecule has 3 aliphatic heterocycles. The van der Waals surface area contributed by atoms with Crippen LogP contribution in [0.1, 0.15) is 38.7 Å². The van der Waals surface area contributed by atoms with Crippen LogP contribution in [0.4, 0.5) is 10.1 Å². The number of amides is 3. The van der Waals surface area contributed by atoms with Gasteiger partial charge in [-0.2, -0.15) is 0 Å². The highest BCUT2D eigenvalue weighted by molar-refractivity contribution is 6.31. The molecule has 2 saturated heterocycles. The molecule has 2 N–H and O–H groups in total. The van der Waals surface area contributed by atoms with Crippen molar-refractivity contribution in [2.75, 3.05) is 11.9 Å². The molecular formula is C32H35ClFN3O4. The lowest BCUT2D eigenvalue weighted by molar-refractivity contribution is -0.141. The van der Waals surface area contributed by atoms with Crippen LogP contribution in [0.2, 0.25) is 5.02 Å². The number of hydrogen-bond donors (Lipinski definition) is 2. The third-order valence-electron chi connectivity index (χ3n) is 9.63. The van der Waals surface area contributed by atoms with Crippen LogP contribution in [-0.2, 0) is 25.5 Å². The number of carbonyl (C=O) groups excluding carboxylic acids is 3. The van der Waals surface area contributed by atoms with E-state index in [2.05, 4.69) is 24.5 Å². The summed E-state index contributed by atoms with van der Waals surface area (Å²) in [6.45, 7) is 4.70. The largest absolute Gasteiger partial charge is 0.359 e. The van der Waals surface area contributed by atoms with Crippen molar-refractivity contribution in [3.05, 3.63) is 77.1 Å². The van der Waals surface area contributed by atoms with Gasteiger partial charge in [-0.3, -0.25) is 14.4 Å². The summed E-state index contributed by atoms with van der Waals surface area (Å²) in [6, 6.07) is 12.9. The minimum absolute atomic E-state index is 0.0117. The van der Waals surface area contributed by atoms with Crippen molar-refractivity contribution < 1.29 is 23.5 Å². The van der Waals surface area contributed by atoms with E-state index in [1.165, 1.54) is 18.2 Å². The van der Waals surface area contributed by atoms with Crippen LogP contribution in [0.5, 0.6) is 0 Å². The zero-order valence-corrected chi connectivity index (χ0v) is 23.9. The summed E-state index contributed by atoms with van der Waals surface area (Å²) in [7, 11) is 0. The lowest BCUT2D eigenvalue weighted by atomic mass is 9.73. The predicted molar refractivity (Wildman–Crippen MR) is 154 cm³/mol. The van der Waals surface area contributed by atoms with Crippen molar-refractivity contribution >= 4 is 35.0 Å². The minimum Gasteiger partial charge on any atom is -0.359 e. The molecule has 0 radical (unpaired) electrons. The third-order valence-corrected chi connectivity index (χ3v) is 9.92. The number of fused-ring (bicyclic) bond motifs is 1. The van der Waals surface area contributed by atoms with Crippen LogP contribution >= 0.6 is 11.6 Å². The third kappa shape index (κ3) is 4.85. The topological polar surface area (TPSA) is 87.7 Å². The summed E-state index contributed by atoms with van der Waals surface area (Å²) in [6.07, 6.45) is 6.58. The average molecular weight is 580 g/mol. The molecule has 0 aromatic heterocycles. The highest BCUT2D eigenvalue weighted by Crippen LogP contribution is 2.55. The summed E-state index contributed by atoms with van der Waals surface area (Å²) in [5.41, 5.74) is 0.129. The summed E-state index contributed by atoms with van der Waals surface area (Å²) >= 11 is 5.92. The lowest BCUT2D eigenvalue weighted by Gasteiger charge is -2.38. The Bertz CT molecular complexity index is 1390. The number of benzene rings is 2. The van der Waals surface area contributed by atoms with E-state index in [9.17, 15) is 18.8 Å². The second-order valence-corrected chi connectivity index (χ2v) is 12.4. The Hall–Kier alpha value is -3.23. The van der Waals surface area contributed by atoms with Crippen molar-refractivity contribution in [1.82, 2.24) is 10.2 Å². The molecule has 2 aromatic carbocycles. The molecule has 0 unspecified atom stereocenters. The van der Waals surface area contributed by atoms with E-state index < -0.39 is 41.3 Å². The van der Waals surface area contributed by atoms with Crippen molar-refractivity contribution in [1.29, 1.82) is 0 Å². The van der Waals surface area contributed by atoms with Crippen molar-refractivity contribution in [3.8, 4) is 0 Å². The van der Waals surface area contributed by atoms with E-state index in [0.717, 1.165) is 24.8 Å². The van der Waals surface area contributed by atoms with Gasteiger partial charge in [-0.05, 0) is 48.4 Å². The fourth-order valence-electron chi connectivity index (χ4n) is 7.25. The number of rotatable bonds is 7. The molecule has 216 valence electrons. The van der Waals surface area contributed by atoms with Crippen LogP contribution in [0.3, 0.4) is 0 Å². The van der Waals surface area contributed by atoms with Crippen molar-refractivity contribution in [2.24, 2.45) is 23.7 Å². The molecule has 6 rings (SSSR count). The molecule has 7 nitrogen and oxygen atoms in total. The highest BCUT2D eigenvalue weighted by Gasteiger charge is 2.72. The molecule has 1 saturated carbocycles. The van der Waals surface area contributed by atoms with Crippen LogP contribution in [0.15, 0.2) is 60.7 Å². The zero-order valence-electron chi connectivity index (χ0n) is 23.2. The van der Waals surface area contributed by atoms with Crippen molar-refractivity contribution in [2.45, 2.75) is 63.3 Å². The van der Waals surface area contributed by atoms with Crippen LogP contribution in [0, 0.1) is 29.5 Å². The molecule has 3 fully saturated rings. The molecule has 2 bridgehead atoms. The first-order chi connectivity index (χ1) is 19.7. The number of hydrogen-bond acceptors (Lipinski definition) is 4. The molecule has 3 amide bonds. The first-order valence-corrected chi connectivity index (χ1v) is 14.9. The quantitative estimate of drug-likeness (QED) is 0.463. The molecule has 3 heterocycles. The van der Waals surface area contributed by atoms with Gasteiger partial charge in [-0.25, -0.2) is 4.39 Å². The number of halogens is 2. The second kappa shape index (κ2) is 10.9. The van der Waals surface area contributed by atoms with Crippen LogP contribution in [-0.4, -0.2) is 53.0 Å². The Balaban J connectivity index is 1.30. The maximum atomic E-state index is 14.2. The summed E-state index contributed by atoms with van der Waals surface area (Å²) in [4.78, 5) is 43.5. The number of nitrogens with zero attached hydrogens (tertiary/aromatic N) is 1. The summed E-state index contributed by atoms with van der Waals surface area (Å²) in [5.74, 6) is -2.43.